The zero-order chi connectivity index (χ0) is 14.9. The summed E-state index contributed by atoms with van der Waals surface area (Å²) in [6.07, 6.45) is 0. The fraction of sp³-hybridized carbons (Fsp3) is 0.0714. The summed E-state index contributed by atoms with van der Waals surface area (Å²) in [5.74, 6) is -2.35. The molecule has 6 nitrogen and oxygen atoms in total. The van der Waals surface area contributed by atoms with E-state index in [0.29, 0.717) is 0 Å². The third kappa shape index (κ3) is 2.31. The minimum atomic E-state index is -0.695. The smallest absolute Gasteiger partial charge is 0.200 e. The highest BCUT2D eigenvalue weighted by atomic mass is 16.5. The van der Waals surface area contributed by atoms with E-state index in [1.54, 1.807) is 0 Å². The van der Waals surface area contributed by atoms with Crippen LogP contribution in [0.25, 0.3) is 0 Å². The third-order valence-electron chi connectivity index (χ3n) is 2.76. The molecule has 0 aliphatic heterocycles. The third-order valence-corrected chi connectivity index (χ3v) is 2.76. The zero-order valence-corrected chi connectivity index (χ0v) is 10.5. The van der Waals surface area contributed by atoms with Gasteiger partial charge in [-0.15, -0.1) is 0 Å². The molecule has 0 heterocycles. The number of benzene rings is 2. The lowest BCUT2D eigenvalue weighted by molar-refractivity contribution is 0.103. The molecule has 2 aromatic rings. The highest BCUT2D eigenvalue weighted by Gasteiger charge is 2.18. The molecule has 2 aromatic carbocycles. The molecule has 20 heavy (non-hydrogen) atoms. The fourth-order valence-electron chi connectivity index (χ4n) is 1.76. The summed E-state index contributed by atoms with van der Waals surface area (Å²) in [5, 5.41) is 37.4. The van der Waals surface area contributed by atoms with Crippen LogP contribution in [0.15, 0.2) is 30.3 Å². The van der Waals surface area contributed by atoms with Crippen LogP contribution in [0.1, 0.15) is 15.9 Å². The topological polar surface area (TPSA) is 107 Å². The lowest BCUT2D eigenvalue weighted by Gasteiger charge is -2.09. The Labute approximate surface area is 114 Å². The number of carbonyl (C=O) groups is 1. The van der Waals surface area contributed by atoms with E-state index in [9.17, 15) is 25.2 Å². The molecule has 0 saturated heterocycles. The van der Waals surface area contributed by atoms with Crippen molar-refractivity contribution in [2.24, 2.45) is 0 Å². The number of methoxy groups -OCH3 is 1. The Hall–Kier alpha value is -2.89. The Kier molecular flexibility index (Phi) is 3.39. The van der Waals surface area contributed by atoms with Gasteiger partial charge >= 0.3 is 0 Å². The largest absolute Gasteiger partial charge is 0.508 e. The van der Waals surface area contributed by atoms with Gasteiger partial charge in [0.05, 0.1) is 12.7 Å². The average Bonchev–Trinajstić information content (AvgIpc) is 2.43. The minimum Gasteiger partial charge on any atom is -0.508 e. The molecule has 0 aliphatic carbocycles. The number of ketones is 1. The van der Waals surface area contributed by atoms with Gasteiger partial charge in [-0.3, -0.25) is 4.79 Å². The maximum Gasteiger partial charge on any atom is 0.200 e. The summed E-state index contributed by atoms with van der Waals surface area (Å²) >= 11 is 0. The standard InChI is InChI=1S/C14H12O6/c1-20-12-6-8(15)2-3-9(12)13(18)7-4-10(16)14(19)11(17)5-7/h2-6,15-17,19H,1H3. The molecule has 6 heteroatoms. The summed E-state index contributed by atoms with van der Waals surface area (Å²) in [5.41, 5.74) is 0.122. The molecule has 104 valence electrons. The van der Waals surface area contributed by atoms with Gasteiger partial charge in [0.2, 0.25) is 0 Å². The maximum absolute atomic E-state index is 12.3. The number of carbonyl (C=O) groups excluding carboxylic acids is 1. The van der Waals surface area contributed by atoms with Gasteiger partial charge in [-0.25, -0.2) is 0 Å². The first-order chi connectivity index (χ1) is 9.43. The van der Waals surface area contributed by atoms with Crippen LogP contribution in [-0.4, -0.2) is 33.3 Å². The van der Waals surface area contributed by atoms with Crippen LogP contribution >= 0.6 is 0 Å². The van der Waals surface area contributed by atoms with Gasteiger partial charge in [0.1, 0.15) is 11.5 Å². The van der Waals surface area contributed by atoms with E-state index in [1.165, 1.54) is 25.3 Å². The number of rotatable bonds is 3. The van der Waals surface area contributed by atoms with Crippen molar-refractivity contribution in [3.63, 3.8) is 0 Å². The summed E-state index contributed by atoms with van der Waals surface area (Å²) in [4.78, 5) is 12.3. The van der Waals surface area contributed by atoms with Crippen LogP contribution < -0.4 is 4.74 Å². The minimum absolute atomic E-state index is 0.0261. The molecular weight excluding hydrogens is 264 g/mol. The van der Waals surface area contributed by atoms with Crippen molar-refractivity contribution in [1.82, 2.24) is 0 Å². The highest BCUT2D eigenvalue weighted by molar-refractivity contribution is 6.11. The summed E-state index contributed by atoms with van der Waals surface area (Å²) in [6, 6.07) is 6.01. The quantitative estimate of drug-likeness (QED) is 0.502. The van der Waals surface area contributed by atoms with E-state index in [2.05, 4.69) is 0 Å². The van der Waals surface area contributed by atoms with Crippen molar-refractivity contribution in [3.05, 3.63) is 41.5 Å². The molecule has 0 atom stereocenters. The number of aromatic hydroxyl groups is 4. The monoisotopic (exact) mass is 276 g/mol. The summed E-state index contributed by atoms with van der Waals surface area (Å²) in [6.45, 7) is 0. The van der Waals surface area contributed by atoms with Crippen LogP contribution in [0.2, 0.25) is 0 Å². The van der Waals surface area contributed by atoms with E-state index in [4.69, 9.17) is 4.74 Å². The fourth-order valence-corrected chi connectivity index (χ4v) is 1.76. The zero-order valence-electron chi connectivity index (χ0n) is 10.5. The number of phenolic OH excluding ortho intramolecular Hbond substituents is 4. The molecule has 0 aromatic heterocycles. The van der Waals surface area contributed by atoms with Crippen LogP contribution in [0, 0.1) is 0 Å². The van der Waals surface area contributed by atoms with Crippen LogP contribution in [-0.2, 0) is 0 Å². The molecule has 4 N–H and O–H groups in total. The Morgan fingerprint density at radius 2 is 1.60 bits per heavy atom. The van der Waals surface area contributed by atoms with Gasteiger partial charge in [-0.05, 0) is 24.3 Å². The van der Waals surface area contributed by atoms with E-state index in [-0.39, 0.29) is 22.6 Å². The van der Waals surface area contributed by atoms with Crippen LogP contribution in [0.4, 0.5) is 0 Å². The normalized spacial score (nSPS) is 10.2. The molecule has 0 unspecified atom stereocenters. The van der Waals surface area contributed by atoms with Crippen LogP contribution in [0.3, 0.4) is 0 Å². The van der Waals surface area contributed by atoms with Gasteiger partial charge in [-0.1, -0.05) is 0 Å². The van der Waals surface area contributed by atoms with E-state index < -0.39 is 23.0 Å². The molecule has 0 fully saturated rings. The second kappa shape index (κ2) is 5.00. The van der Waals surface area contributed by atoms with Crippen molar-refractivity contribution in [2.45, 2.75) is 0 Å². The SMILES string of the molecule is COc1cc(O)ccc1C(=O)c1cc(O)c(O)c(O)c1. The summed E-state index contributed by atoms with van der Waals surface area (Å²) in [7, 11) is 1.34. The van der Waals surface area contributed by atoms with Gasteiger partial charge in [0, 0.05) is 11.6 Å². The molecule has 0 saturated carbocycles. The predicted octanol–water partition coefficient (Wildman–Crippen LogP) is 1.75. The van der Waals surface area contributed by atoms with Crippen LogP contribution in [0.5, 0.6) is 28.7 Å². The highest BCUT2D eigenvalue weighted by Crippen LogP contribution is 2.36. The van der Waals surface area contributed by atoms with Crippen molar-refractivity contribution in [1.29, 1.82) is 0 Å². The Bertz CT molecular complexity index is 654. The maximum atomic E-state index is 12.3. The molecule has 0 spiro atoms. The molecular formula is C14H12O6. The van der Waals surface area contributed by atoms with E-state index in [0.717, 1.165) is 12.1 Å². The molecule has 0 aliphatic rings. The van der Waals surface area contributed by atoms with Gasteiger partial charge in [-0.2, -0.15) is 0 Å². The van der Waals surface area contributed by atoms with Crippen molar-refractivity contribution >= 4 is 5.78 Å². The lowest BCUT2D eigenvalue weighted by Crippen LogP contribution is -2.03. The van der Waals surface area contributed by atoms with Gasteiger partial charge in [0.25, 0.3) is 0 Å². The number of hydrogen-bond donors (Lipinski definition) is 4. The van der Waals surface area contributed by atoms with Crippen molar-refractivity contribution in [3.8, 4) is 28.7 Å². The van der Waals surface area contributed by atoms with Crippen molar-refractivity contribution < 1.29 is 30.0 Å². The lowest BCUT2D eigenvalue weighted by atomic mass is 10.0. The second-order valence-corrected chi connectivity index (χ2v) is 4.08. The average molecular weight is 276 g/mol. The summed E-state index contributed by atoms with van der Waals surface area (Å²) < 4.78 is 5.00. The van der Waals surface area contributed by atoms with Gasteiger partial charge < -0.3 is 25.2 Å². The van der Waals surface area contributed by atoms with E-state index in [1.807, 2.05) is 0 Å². The van der Waals surface area contributed by atoms with Crippen molar-refractivity contribution in [2.75, 3.05) is 7.11 Å². The Balaban J connectivity index is 2.52. The number of phenols is 4. The first-order valence-corrected chi connectivity index (χ1v) is 5.60. The second-order valence-electron chi connectivity index (χ2n) is 4.08. The Morgan fingerprint density at radius 3 is 2.15 bits per heavy atom. The first-order valence-electron chi connectivity index (χ1n) is 5.60. The first kappa shape index (κ1) is 13.5. The number of ether oxygens (including phenoxy) is 1. The van der Waals surface area contributed by atoms with E-state index >= 15 is 0 Å². The number of hydrogen-bond acceptors (Lipinski definition) is 6. The molecule has 0 amide bonds. The predicted molar refractivity (Wildman–Crippen MR) is 69.5 cm³/mol. The Morgan fingerprint density at radius 1 is 1.00 bits per heavy atom. The molecule has 2 rings (SSSR count). The molecule has 0 radical (unpaired) electrons. The van der Waals surface area contributed by atoms with Gasteiger partial charge in [0.15, 0.2) is 23.0 Å². The molecule has 0 bridgehead atoms.